The van der Waals surface area contributed by atoms with E-state index < -0.39 is 6.10 Å². The number of ether oxygens (including phenoxy) is 1. The summed E-state index contributed by atoms with van der Waals surface area (Å²) in [6.07, 6.45) is 1.83. The molecule has 0 N–H and O–H groups in total. The molecule has 1 aliphatic heterocycles. The zero-order valence-corrected chi connectivity index (χ0v) is 18.3. The van der Waals surface area contributed by atoms with Gasteiger partial charge in [0.2, 0.25) is 5.91 Å². The molecule has 3 aromatic rings. The first-order valence-electron chi connectivity index (χ1n) is 10.4. The van der Waals surface area contributed by atoms with Crippen LogP contribution in [0.15, 0.2) is 66.3 Å². The zero-order valence-electron chi connectivity index (χ0n) is 17.5. The number of amides is 2. The minimum Gasteiger partial charge on any atom is -0.370 e. The quantitative estimate of drug-likeness (QED) is 0.550. The Morgan fingerprint density at radius 3 is 2.69 bits per heavy atom. The number of hydrogen-bond donors (Lipinski definition) is 0. The number of nitrogens with zero attached hydrogens (tertiary/aromatic N) is 3. The van der Waals surface area contributed by atoms with Gasteiger partial charge in [0.05, 0.1) is 24.4 Å². The van der Waals surface area contributed by atoms with E-state index in [1.54, 1.807) is 22.5 Å². The fourth-order valence-corrected chi connectivity index (χ4v) is 4.27. The van der Waals surface area contributed by atoms with Gasteiger partial charge in [-0.25, -0.2) is 4.39 Å². The van der Waals surface area contributed by atoms with Crippen LogP contribution in [0.25, 0.3) is 0 Å². The highest BCUT2D eigenvalue weighted by Crippen LogP contribution is 2.17. The van der Waals surface area contributed by atoms with Crippen molar-refractivity contribution >= 4 is 23.2 Å². The average Bonchev–Trinajstić information content (AvgIpc) is 3.29. The van der Waals surface area contributed by atoms with Crippen LogP contribution in [0.3, 0.4) is 0 Å². The highest BCUT2D eigenvalue weighted by atomic mass is 32.1. The summed E-state index contributed by atoms with van der Waals surface area (Å²) < 4.78 is 19.6. The number of hydrogen-bond acceptors (Lipinski definition) is 5. The Labute approximate surface area is 190 Å². The third-order valence-electron chi connectivity index (χ3n) is 5.35. The van der Waals surface area contributed by atoms with E-state index >= 15 is 0 Å². The number of thiazole rings is 1. The molecule has 1 atom stereocenters. The van der Waals surface area contributed by atoms with E-state index in [9.17, 15) is 14.0 Å². The van der Waals surface area contributed by atoms with Crippen molar-refractivity contribution in [1.82, 2.24) is 14.8 Å². The van der Waals surface area contributed by atoms with Gasteiger partial charge in [-0.15, -0.1) is 11.3 Å². The normalized spacial score (nSPS) is 16.8. The molecule has 1 aromatic heterocycles. The van der Waals surface area contributed by atoms with Crippen LogP contribution < -0.4 is 0 Å². The lowest BCUT2D eigenvalue weighted by atomic mass is 10.1. The molecule has 6 nitrogen and oxygen atoms in total. The Hall–Kier alpha value is -3.10. The molecule has 0 saturated carbocycles. The van der Waals surface area contributed by atoms with Crippen LogP contribution in [-0.4, -0.2) is 58.9 Å². The van der Waals surface area contributed by atoms with Gasteiger partial charge in [-0.1, -0.05) is 42.5 Å². The van der Waals surface area contributed by atoms with Crippen molar-refractivity contribution in [3.63, 3.8) is 0 Å². The van der Waals surface area contributed by atoms with Crippen LogP contribution in [0.1, 0.15) is 20.8 Å². The Morgan fingerprint density at radius 2 is 1.94 bits per heavy atom. The molecule has 32 heavy (non-hydrogen) atoms. The summed E-state index contributed by atoms with van der Waals surface area (Å²) in [5.74, 6) is -0.672. The van der Waals surface area contributed by atoms with E-state index in [2.05, 4.69) is 4.98 Å². The van der Waals surface area contributed by atoms with Crippen molar-refractivity contribution in [2.24, 2.45) is 0 Å². The number of carbonyl (C=O) groups excluding carboxylic acids is 2. The van der Waals surface area contributed by atoms with E-state index in [4.69, 9.17) is 4.74 Å². The van der Waals surface area contributed by atoms with Crippen LogP contribution in [-0.2, 0) is 22.6 Å². The average molecular weight is 454 g/mol. The minimum absolute atomic E-state index is 0.00858. The smallest absolute Gasteiger partial charge is 0.266 e. The number of rotatable bonds is 7. The summed E-state index contributed by atoms with van der Waals surface area (Å²) in [7, 11) is 0. The zero-order chi connectivity index (χ0) is 22.3. The second kappa shape index (κ2) is 10.5. The molecular weight excluding hydrogens is 429 g/mol. The van der Waals surface area contributed by atoms with E-state index in [0.717, 1.165) is 5.56 Å². The van der Waals surface area contributed by atoms with Gasteiger partial charge in [0, 0.05) is 19.6 Å². The lowest BCUT2D eigenvalue weighted by molar-refractivity contribution is -0.131. The van der Waals surface area contributed by atoms with Crippen molar-refractivity contribution in [2.45, 2.75) is 19.1 Å². The van der Waals surface area contributed by atoms with Crippen molar-refractivity contribution in [3.05, 3.63) is 88.1 Å². The van der Waals surface area contributed by atoms with Gasteiger partial charge in [0.15, 0.2) is 0 Å². The maximum absolute atomic E-state index is 13.5. The van der Waals surface area contributed by atoms with Crippen LogP contribution in [0.5, 0.6) is 0 Å². The molecule has 0 unspecified atom stereocenters. The van der Waals surface area contributed by atoms with Gasteiger partial charge in [-0.2, -0.15) is 0 Å². The molecule has 2 aromatic carbocycles. The van der Waals surface area contributed by atoms with Crippen molar-refractivity contribution in [2.75, 3.05) is 26.2 Å². The molecule has 4 rings (SSSR count). The number of benzene rings is 2. The summed E-state index contributed by atoms with van der Waals surface area (Å²) in [6.45, 7) is 1.37. The van der Waals surface area contributed by atoms with Gasteiger partial charge < -0.3 is 14.5 Å². The highest BCUT2D eigenvalue weighted by molar-refractivity contribution is 7.11. The Kier molecular flexibility index (Phi) is 7.24. The summed E-state index contributed by atoms with van der Waals surface area (Å²) in [5, 5.41) is 0. The topological polar surface area (TPSA) is 62.7 Å². The summed E-state index contributed by atoms with van der Waals surface area (Å²) in [4.78, 5) is 33.7. The van der Waals surface area contributed by atoms with Gasteiger partial charge in [-0.3, -0.25) is 14.6 Å². The summed E-state index contributed by atoms with van der Waals surface area (Å²) in [5.41, 5.74) is 3.44. The van der Waals surface area contributed by atoms with E-state index in [0.29, 0.717) is 30.0 Å². The number of carbonyl (C=O) groups is 2. The standard InChI is InChI=1S/C24H24FN3O3S/c25-20-8-4-7-19(11-20)16-31-21-13-27(10-9-18-5-2-1-3-6-18)23(29)15-28(14-21)24(30)22-12-26-17-32-22/h1-8,11-12,17,21H,9-10,13-16H2/t21-/m0/s1. The summed E-state index contributed by atoms with van der Waals surface area (Å²) in [6, 6.07) is 16.2. The lowest BCUT2D eigenvalue weighted by Gasteiger charge is -2.25. The maximum Gasteiger partial charge on any atom is 0.266 e. The Bertz CT molecular complexity index is 1050. The molecular formula is C24H24FN3O3S. The third kappa shape index (κ3) is 5.77. The predicted octanol–water partition coefficient (Wildman–Crippen LogP) is 3.39. The molecule has 1 saturated heterocycles. The van der Waals surface area contributed by atoms with Crippen molar-refractivity contribution < 1.29 is 18.7 Å². The molecule has 0 spiro atoms. The first-order chi connectivity index (χ1) is 15.6. The lowest BCUT2D eigenvalue weighted by Crippen LogP contribution is -2.39. The maximum atomic E-state index is 13.5. The minimum atomic E-state index is -0.391. The van der Waals surface area contributed by atoms with Gasteiger partial charge >= 0.3 is 0 Å². The summed E-state index contributed by atoms with van der Waals surface area (Å²) >= 11 is 1.24. The molecule has 8 heteroatoms. The van der Waals surface area contributed by atoms with Crippen molar-refractivity contribution in [3.8, 4) is 0 Å². The van der Waals surface area contributed by atoms with Crippen molar-refractivity contribution in [1.29, 1.82) is 0 Å². The van der Waals surface area contributed by atoms with Crippen LogP contribution >= 0.6 is 11.3 Å². The molecule has 2 amide bonds. The van der Waals surface area contributed by atoms with Gasteiger partial charge in [-0.05, 0) is 29.7 Å². The first-order valence-corrected chi connectivity index (χ1v) is 11.3. The SMILES string of the molecule is O=C1CN(C(=O)c2cncs2)C[C@@H](OCc2cccc(F)c2)CN1CCc1ccccc1. The number of halogens is 1. The Morgan fingerprint density at radius 1 is 1.12 bits per heavy atom. The Balaban J connectivity index is 1.48. The van der Waals surface area contributed by atoms with E-state index in [1.165, 1.54) is 34.6 Å². The third-order valence-corrected chi connectivity index (χ3v) is 6.11. The monoisotopic (exact) mass is 453 g/mol. The molecule has 0 bridgehead atoms. The second-order valence-electron chi connectivity index (χ2n) is 7.69. The molecule has 0 aliphatic carbocycles. The van der Waals surface area contributed by atoms with Crippen LogP contribution in [0.4, 0.5) is 4.39 Å². The fraction of sp³-hybridized carbons (Fsp3) is 0.292. The molecule has 0 radical (unpaired) electrons. The fourth-order valence-electron chi connectivity index (χ4n) is 3.68. The first kappa shape index (κ1) is 22.1. The van der Waals surface area contributed by atoms with Crippen LogP contribution in [0.2, 0.25) is 0 Å². The van der Waals surface area contributed by atoms with Gasteiger partial charge in [0.1, 0.15) is 17.2 Å². The van der Waals surface area contributed by atoms with E-state index in [-0.39, 0.29) is 37.3 Å². The van der Waals surface area contributed by atoms with Gasteiger partial charge in [0.25, 0.3) is 5.91 Å². The highest BCUT2D eigenvalue weighted by Gasteiger charge is 2.31. The molecule has 166 valence electrons. The largest absolute Gasteiger partial charge is 0.370 e. The molecule has 1 fully saturated rings. The van der Waals surface area contributed by atoms with E-state index in [1.807, 2.05) is 30.3 Å². The number of aromatic nitrogens is 1. The predicted molar refractivity (Wildman–Crippen MR) is 120 cm³/mol. The van der Waals surface area contributed by atoms with Crippen LogP contribution in [0, 0.1) is 5.82 Å². The molecule has 2 heterocycles. The molecule has 1 aliphatic rings. The second-order valence-corrected chi connectivity index (χ2v) is 8.58.